The second-order valence-electron chi connectivity index (χ2n) is 4.95. The molecule has 1 amide bonds. The highest BCUT2D eigenvalue weighted by Crippen LogP contribution is 2.22. The number of carbonyl (C=O) groups excluding carboxylic acids is 2. The van der Waals surface area contributed by atoms with Crippen molar-refractivity contribution in [3.05, 3.63) is 35.5 Å². The molecule has 0 bridgehead atoms. The number of hydrogen-bond acceptors (Lipinski definition) is 3. The molecule has 1 aliphatic heterocycles. The van der Waals surface area contributed by atoms with Crippen molar-refractivity contribution < 1.29 is 14.3 Å². The van der Waals surface area contributed by atoms with Crippen LogP contribution in [0.25, 0.3) is 10.9 Å². The SMILES string of the molecule is Cn1cc(C=O)c2cc(C(=O)N3CCOCC3)ccc21. The Morgan fingerprint density at radius 3 is 2.75 bits per heavy atom. The molecule has 5 heteroatoms. The number of carbonyl (C=O) groups is 2. The number of benzene rings is 1. The fraction of sp³-hybridized carbons (Fsp3) is 0.333. The van der Waals surface area contributed by atoms with Crippen LogP contribution >= 0.6 is 0 Å². The third-order valence-electron chi connectivity index (χ3n) is 3.69. The highest BCUT2D eigenvalue weighted by Gasteiger charge is 2.19. The van der Waals surface area contributed by atoms with Gasteiger partial charge >= 0.3 is 0 Å². The largest absolute Gasteiger partial charge is 0.378 e. The van der Waals surface area contributed by atoms with E-state index in [-0.39, 0.29) is 5.91 Å². The van der Waals surface area contributed by atoms with Crippen molar-refractivity contribution in [1.82, 2.24) is 9.47 Å². The van der Waals surface area contributed by atoms with Crippen LogP contribution in [0.15, 0.2) is 24.4 Å². The molecule has 0 aliphatic carbocycles. The summed E-state index contributed by atoms with van der Waals surface area (Å²) in [7, 11) is 1.89. The van der Waals surface area contributed by atoms with Gasteiger partial charge in [0.1, 0.15) is 0 Å². The molecule has 3 rings (SSSR count). The zero-order chi connectivity index (χ0) is 14.1. The zero-order valence-electron chi connectivity index (χ0n) is 11.3. The zero-order valence-corrected chi connectivity index (χ0v) is 11.3. The van der Waals surface area contributed by atoms with E-state index in [2.05, 4.69) is 0 Å². The second kappa shape index (κ2) is 5.09. The van der Waals surface area contributed by atoms with Gasteiger partial charge in [-0.2, -0.15) is 0 Å². The van der Waals surface area contributed by atoms with Crippen molar-refractivity contribution in [3.63, 3.8) is 0 Å². The molecular formula is C15H16N2O3. The summed E-state index contributed by atoms with van der Waals surface area (Å²) >= 11 is 0. The van der Waals surface area contributed by atoms with Crippen molar-refractivity contribution in [3.8, 4) is 0 Å². The van der Waals surface area contributed by atoms with Crippen molar-refractivity contribution in [2.45, 2.75) is 0 Å². The van der Waals surface area contributed by atoms with Gasteiger partial charge in [-0.05, 0) is 18.2 Å². The molecule has 2 heterocycles. The minimum absolute atomic E-state index is 0.00379. The van der Waals surface area contributed by atoms with E-state index in [1.807, 2.05) is 23.7 Å². The number of hydrogen-bond donors (Lipinski definition) is 0. The fourth-order valence-electron chi connectivity index (χ4n) is 2.60. The summed E-state index contributed by atoms with van der Waals surface area (Å²) in [5.74, 6) is -0.00379. The number of morpholine rings is 1. The number of ether oxygens (including phenoxy) is 1. The van der Waals surface area contributed by atoms with Gasteiger partial charge in [0.25, 0.3) is 5.91 Å². The first-order valence-corrected chi connectivity index (χ1v) is 6.62. The van der Waals surface area contributed by atoms with Crippen LogP contribution in [0.1, 0.15) is 20.7 Å². The lowest BCUT2D eigenvalue weighted by molar-refractivity contribution is 0.0303. The van der Waals surface area contributed by atoms with Crippen LogP contribution in [-0.4, -0.2) is 48.0 Å². The smallest absolute Gasteiger partial charge is 0.254 e. The first kappa shape index (κ1) is 12.9. The monoisotopic (exact) mass is 272 g/mol. The van der Waals surface area contributed by atoms with Crippen LogP contribution < -0.4 is 0 Å². The minimum atomic E-state index is -0.00379. The van der Waals surface area contributed by atoms with Crippen molar-refractivity contribution >= 4 is 23.1 Å². The van der Waals surface area contributed by atoms with Crippen LogP contribution in [0, 0.1) is 0 Å². The van der Waals surface area contributed by atoms with Gasteiger partial charge in [0.15, 0.2) is 6.29 Å². The number of rotatable bonds is 2. The third-order valence-corrected chi connectivity index (χ3v) is 3.69. The number of amides is 1. The number of fused-ring (bicyclic) bond motifs is 1. The molecule has 0 unspecified atom stereocenters. The average molecular weight is 272 g/mol. The summed E-state index contributed by atoms with van der Waals surface area (Å²) < 4.78 is 7.14. The molecule has 20 heavy (non-hydrogen) atoms. The molecule has 1 saturated heterocycles. The van der Waals surface area contributed by atoms with E-state index in [4.69, 9.17) is 4.74 Å². The Labute approximate surface area is 116 Å². The predicted molar refractivity (Wildman–Crippen MR) is 75.0 cm³/mol. The van der Waals surface area contributed by atoms with E-state index in [9.17, 15) is 9.59 Å². The molecule has 2 aromatic rings. The average Bonchev–Trinajstić information content (AvgIpc) is 2.83. The molecule has 1 fully saturated rings. The summed E-state index contributed by atoms with van der Waals surface area (Å²) in [5.41, 5.74) is 2.18. The molecule has 1 aliphatic rings. The normalized spacial score (nSPS) is 15.6. The third kappa shape index (κ3) is 2.10. The van der Waals surface area contributed by atoms with Gasteiger partial charge in [-0.15, -0.1) is 0 Å². The maximum atomic E-state index is 12.4. The van der Waals surface area contributed by atoms with Crippen LogP contribution in [0.2, 0.25) is 0 Å². The quantitative estimate of drug-likeness (QED) is 0.778. The van der Waals surface area contributed by atoms with Crippen LogP contribution in [0.4, 0.5) is 0 Å². The molecule has 1 aromatic heterocycles. The Hall–Kier alpha value is -2.14. The Balaban J connectivity index is 1.99. The molecule has 104 valence electrons. The highest BCUT2D eigenvalue weighted by molar-refractivity contribution is 6.03. The van der Waals surface area contributed by atoms with Gasteiger partial charge in [-0.25, -0.2) is 0 Å². The van der Waals surface area contributed by atoms with Gasteiger partial charge in [0, 0.05) is 48.4 Å². The first-order chi connectivity index (χ1) is 9.70. The Kier molecular flexibility index (Phi) is 3.28. The molecule has 0 atom stereocenters. The lowest BCUT2D eigenvalue weighted by Crippen LogP contribution is -2.40. The minimum Gasteiger partial charge on any atom is -0.378 e. The van der Waals surface area contributed by atoms with Crippen molar-refractivity contribution in [1.29, 1.82) is 0 Å². The maximum Gasteiger partial charge on any atom is 0.254 e. The Bertz CT molecular complexity index is 669. The van der Waals surface area contributed by atoms with Crippen molar-refractivity contribution in [2.24, 2.45) is 7.05 Å². The van der Waals surface area contributed by atoms with Crippen LogP contribution in [-0.2, 0) is 11.8 Å². The summed E-state index contributed by atoms with van der Waals surface area (Å²) in [5, 5.41) is 0.821. The Morgan fingerprint density at radius 2 is 2.05 bits per heavy atom. The van der Waals surface area contributed by atoms with Crippen molar-refractivity contribution in [2.75, 3.05) is 26.3 Å². The molecule has 0 spiro atoms. The van der Waals surface area contributed by atoms with E-state index >= 15 is 0 Å². The van der Waals surface area contributed by atoms with E-state index < -0.39 is 0 Å². The molecule has 0 N–H and O–H groups in total. The number of aldehydes is 1. The summed E-state index contributed by atoms with van der Waals surface area (Å²) in [4.78, 5) is 25.3. The van der Waals surface area contributed by atoms with Gasteiger partial charge in [-0.3, -0.25) is 9.59 Å². The molecule has 0 radical (unpaired) electrons. The van der Waals surface area contributed by atoms with Crippen LogP contribution in [0.3, 0.4) is 0 Å². The predicted octanol–water partition coefficient (Wildman–Crippen LogP) is 1.46. The summed E-state index contributed by atoms with van der Waals surface area (Å²) in [6.07, 6.45) is 2.60. The first-order valence-electron chi connectivity index (χ1n) is 6.62. The maximum absolute atomic E-state index is 12.4. The van der Waals surface area contributed by atoms with E-state index in [0.29, 0.717) is 37.4 Å². The fourth-order valence-corrected chi connectivity index (χ4v) is 2.60. The number of aryl methyl sites for hydroxylation is 1. The number of aromatic nitrogens is 1. The number of nitrogens with zero attached hydrogens (tertiary/aromatic N) is 2. The topological polar surface area (TPSA) is 51.5 Å². The van der Waals surface area contributed by atoms with Gasteiger partial charge in [-0.1, -0.05) is 0 Å². The van der Waals surface area contributed by atoms with E-state index in [1.165, 1.54) is 0 Å². The van der Waals surface area contributed by atoms with E-state index in [0.717, 1.165) is 17.2 Å². The lowest BCUT2D eigenvalue weighted by atomic mass is 10.1. The lowest BCUT2D eigenvalue weighted by Gasteiger charge is -2.26. The van der Waals surface area contributed by atoms with Gasteiger partial charge in [0.2, 0.25) is 0 Å². The second-order valence-corrected chi connectivity index (χ2v) is 4.95. The van der Waals surface area contributed by atoms with Gasteiger partial charge in [0.05, 0.1) is 13.2 Å². The van der Waals surface area contributed by atoms with Gasteiger partial charge < -0.3 is 14.2 Å². The van der Waals surface area contributed by atoms with Crippen LogP contribution in [0.5, 0.6) is 0 Å². The standard InChI is InChI=1S/C15H16N2O3/c1-16-9-12(10-18)13-8-11(2-3-14(13)16)15(19)17-4-6-20-7-5-17/h2-3,8-10H,4-7H2,1H3. The molecular weight excluding hydrogens is 256 g/mol. The molecule has 0 saturated carbocycles. The summed E-state index contributed by atoms with van der Waals surface area (Å²) in [6.45, 7) is 2.40. The van der Waals surface area contributed by atoms with E-state index in [1.54, 1.807) is 17.2 Å². The molecule has 5 nitrogen and oxygen atoms in total. The Morgan fingerprint density at radius 1 is 1.30 bits per heavy atom. The molecule has 1 aromatic carbocycles. The summed E-state index contributed by atoms with van der Waals surface area (Å²) in [6, 6.07) is 5.50. The highest BCUT2D eigenvalue weighted by atomic mass is 16.5.